The molecule has 0 atom stereocenters. The highest BCUT2D eigenvalue weighted by Crippen LogP contribution is 2.40. The third-order valence-electron chi connectivity index (χ3n) is 4.83. The van der Waals surface area contributed by atoms with Crippen LogP contribution >= 0.6 is 0 Å². The molecule has 0 bridgehead atoms. The summed E-state index contributed by atoms with van der Waals surface area (Å²) in [5.41, 5.74) is 7.24. The zero-order chi connectivity index (χ0) is 14.2. The second-order valence-corrected chi connectivity index (χ2v) is 7.45. The molecule has 0 N–H and O–H groups in total. The molecule has 0 saturated carbocycles. The van der Waals surface area contributed by atoms with Gasteiger partial charge < -0.3 is 0 Å². The molecule has 0 spiro atoms. The lowest BCUT2D eigenvalue weighted by atomic mass is 9.76. The predicted molar refractivity (Wildman–Crippen MR) is 84.4 cm³/mol. The maximum atomic E-state index is 2.65. The van der Waals surface area contributed by atoms with Gasteiger partial charge in [0.15, 0.2) is 0 Å². The van der Waals surface area contributed by atoms with Gasteiger partial charge in [0.2, 0.25) is 0 Å². The van der Waals surface area contributed by atoms with Gasteiger partial charge >= 0.3 is 0 Å². The lowest BCUT2D eigenvalue weighted by molar-refractivity contribution is 0.142. The van der Waals surface area contributed by atoms with Crippen molar-refractivity contribution < 1.29 is 0 Å². The van der Waals surface area contributed by atoms with Crippen molar-refractivity contribution in [2.75, 3.05) is 13.1 Å². The Morgan fingerprint density at radius 2 is 1.79 bits per heavy atom. The molecule has 1 heteroatoms. The number of hydrogen-bond acceptors (Lipinski definition) is 1. The highest BCUT2D eigenvalue weighted by Gasteiger charge is 2.31. The summed E-state index contributed by atoms with van der Waals surface area (Å²) in [4.78, 5) is 2.65. The van der Waals surface area contributed by atoms with Crippen LogP contribution in [-0.4, -0.2) is 23.5 Å². The molecule has 0 fully saturated rings. The Bertz CT molecular complexity index is 404. The molecule has 1 heterocycles. The number of allylic oxidation sites excluding steroid dienone is 2. The van der Waals surface area contributed by atoms with Crippen molar-refractivity contribution >= 4 is 0 Å². The molecule has 0 unspecified atom stereocenters. The van der Waals surface area contributed by atoms with E-state index in [1.165, 1.54) is 38.8 Å². The molecule has 19 heavy (non-hydrogen) atoms. The van der Waals surface area contributed by atoms with E-state index in [-0.39, 0.29) is 0 Å². The van der Waals surface area contributed by atoms with Gasteiger partial charge in [0.1, 0.15) is 0 Å². The van der Waals surface area contributed by atoms with Gasteiger partial charge in [-0.25, -0.2) is 0 Å². The van der Waals surface area contributed by atoms with E-state index in [1.54, 1.807) is 22.3 Å². The minimum absolute atomic E-state index is 0.311. The first kappa shape index (κ1) is 14.8. The Hall–Kier alpha value is -0.560. The van der Waals surface area contributed by atoms with Gasteiger partial charge in [-0.3, -0.25) is 4.90 Å². The predicted octanol–water partition coefficient (Wildman–Crippen LogP) is 4.94. The fourth-order valence-corrected chi connectivity index (χ4v) is 3.73. The first-order valence-corrected chi connectivity index (χ1v) is 8.02. The summed E-state index contributed by atoms with van der Waals surface area (Å²) < 4.78 is 0. The second-order valence-electron chi connectivity index (χ2n) is 7.45. The molecular formula is C18H31N. The van der Waals surface area contributed by atoms with Crippen LogP contribution in [-0.2, 0) is 0 Å². The fourth-order valence-electron chi connectivity index (χ4n) is 3.73. The summed E-state index contributed by atoms with van der Waals surface area (Å²) in [5.74, 6) is 0.696. The van der Waals surface area contributed by atoms with Crippen LogP contribution in [0.5, 0.6) is 0 Å². The minimum atomic E-state index is 0.311. The van der Waals surface area contributed by atoms with E-state index in [9.17, 15) is 0 Å². The monoisotopic (exact) mass is 261 g/mol. The van der Waals surface area contributed by atoms with Gasteiger partial charge in [-0.2, -0.15) is 0 Å². The Morgan fingerprint density at radius 1 is 1.11 bits per heavy atom. The lowest BCUT2D eigenvalue weighted by Gasteiger charge is -2.42. The molecule has 0 aromatic carbocycles. The molecular weight excluding hydrogens is 230 g/mol. The average molecular weight is 261 g/mol. The molecule has 0 radical (unpaired) electrons. The second kappa shape index (κ2) is 5.44. The topological polar surface area (TPSA) is 3.24 Å². The molecule has 108 valence electrons. The minimum Gasteiger partial charge on any atom is -0.294 e. The zero-order valence-electron chi connectivity index (χ0n) is 13.8. The Morgan fingerprint density at radius 3 is 2.32 bits per heavy atom. The molecule has 0 aromatic heterocycles. The summed E-state index contributed by atoms with van der Waals surface area (Å²) in [6.45, 7) is 16.5. The van der Waals surface area contributed by atoms with Gasteiger partial charge in [0.25, 0.3) is 0 Å². The SMILES string of the molecule is CCC1=C(C(C)C)C2=C(CC1)CN(C(C)(C)C)CC2. The van der Waals surface area contributed by atoms with Crippen LogP contribution in [0.25, 0.3) is 0 Å². The Labute approximate surface area is 119 Å². The highest BCUT2D eigenvalue weighted by atomic mass is 15.2. The van der Waals surface area contributed by atoms with E-state index < -0.39 is 0 Å². The molecule has 0 aromatic rings. The van der Waals surface area contributed by atoms with Gasteiger partial charge in [-0.15, -0.1) is 0 Å². The molecule has 1 nitrogen and oxygen atoms in total. The van der Waals surface area contributed by atoms with Crippen LogP contribution in [0.15, 0.2) is 22.3 Å². The maximum Gasteiger partial charge on any atom is 0.0204 e. The normalized spacial score (nSPS) is 22.3. The smallest absolute Gasteiger partial charge is 0.0204 e. The van der Waals surface area contributed by atoms with Crippen molar-refractivity contribution in [2.24, 2.45) is 5.92 Å². The molecule has 1 aliphatic carbocycles. The van der Waals surface area contributed by atoms with Gasteiger partial charge in [-0.1, -0.05) is 31.9 Å². The van der Waals surface area contributed by atoms with E-state index >= 15 is 0 Å². The average Bonchev–Trinajstić information content (AvgIpc) is 2.35. The van der Waals surface area contributed by atoms with Gasteiger partial charge in [0.05, 0.1) is 0 Å². The number of nitrogens with zero attached hydrogens (tertiary/aromatic N) is 1. The Kier molecular flexibility index (Phi) is 4.25. The van der Waals surface area contributed by atoms with E-state index in [0.717, 1.165) is 0 Å². The van der Waals surface area contributed by atoms with Crippen molar-refractivity contribution in [1.82, 2.24) is 4.90 Å². The van der Waals surface area contributed by atoms with E-state index in [0.29, 0.717) is 11.5 Å². The summed E-state index contributed by atoms with van der Waals surface area (Å²) in [7, 11) is 0. The molecule has 2 rings (SSSR count). The largest absolute Gasteiger partial charge is 0.294 e. The number of hydrogen-bond donors (Lipinski definition) is 0. The summed E-state index contributed by atoms with van der Waals surface area (Å²) in [6.07, 6.45) is 5.12. The number of rotatable bonds is 2. The van der Waals surface area contributed by atoms with Crippen LogP contribution in [0.2, 0.25) is 0 Å². The van der Waals surface area contributed by atoms with Crippen LogP contribution < -0.4 is 0 Å². The first-order valence-electron chi connectivity index (χ1n) is 8.02. The van der Waals surface area contributed by atoms with Crippen molar-refractivity contribution in [3.8, 4) is 0 Å². The molecule has 1 aliphatic heterocycles. The fraction of sp³-hybridized carbons (Fsp3) is 0.778. The van der Waals surface area contributed by atoms with E-state index in [4.69, 9.17) is 0 Å². The third kappa shape index (κ3) is 2.97. The third-order valence-corrected chi connectivity index (χ3v) is 4.83. The zero-order valence-corrected chi connectivity index (χ0v) is 13.8. The van der Waals surface area contributed by atoms with Crippen molar-refractivity contribution in [1.29, 1.82) is 0 Å². The molecule has 0 saturated heterocycles. The van der Waals surface area contributed by atoms with Crippen LogP contribution in [0.4, 0.5) is 0 Å². The lowest BCUT2D eigenvalue weighted by Crippen LogP contribution is -2.45. The van der Waals surface area contributed by atoms with Crippen LogP contribution in [0.1, 0.15) is 67.2 Å². The summed E-state index contributed by atoms with van der Waals surface area (Å²) >= 11 is 0. The molecule has 2 aliphatic rings. The van der Waals surface area contributed by atoms with Crippen molar-refractivity contribution in [3.63, 3.8) is 0 Å². The van der Waals surface area contributed by atoms with E-state index in [1.807, 2.05) is 0 Å². The van der Waals surface area contributed by atoms with Gasteiger partial charge in [0, 0.05) is 18.6 Å². The summed E-state index contributed by atoms with van der Waals surface area (Å²) in [6, 6.07) is 0. The standard InChI is InChI=1S/C18H31N/c1-7-14-8-9-15-12-19(18(4,5)6)11-10-16(15)17(14)13(2)3/h13H,7-12H2,1-6H3. The van der Waals surface area contributed by atoms with Crippen molar-refractivity contribution in [3.05, 3.63) is 22.3 Å². The van der Waals surface area contributed by atoms with Crippen LogP contribution in [0, 0.1) is 5.92 Å². The van der Waals surface area contributed by atoms with Crippen LogP contribution in [0.3, 0.4) is 0 Å². The maximum absolute atomic E-state index is 2.65. The van der Waals surface area contributed by atoms with Gasteiger partial charge in [-0.05, 0) is 63.5 Å². The quantitative estimate of drug-likeness (QED) is 0.680. The summed E-state index contributed by atoms with van der Waals surface area (Å²) in [5, 5.41) is 0. The molecule has 0 amide bonds. The highest BCUT2D eigenvalue weighted by molar-refractivity contribution is 5.45. The van der Waals surface area contributed by atoms with E-state index in [2.05, 4.69) is 46.4 Å². The first-order chi connectivity index (χ1) is 8.84. The Balaban J connectivity index is 2.31. The van der Waals surface area contributed by atoms with Crippen molar-refractivity contribution in [2.45, 2.75) is 72.8 Å².